The molecule has 0 radical (unpaired) electrons. The molecule has 3 rings (SSSR count). The number of nitrogens with one attached hydrogen (secondary N) is 1. The van der Waals surface area contributed by atoms with Gasteiger partial charge in [-0.05, 0) is 49.7 Å². The van der Waals surface area contributed by atoms with Gasteiger partial charge >= 0.3 is 0 Å². The summed E-state index contributed by atoms with van der Waals surface area (Å²) in [4.78, 5) is 7.09. The Morgan fingerprint density at radius 2 is 1.90 bits per heavy atom. The molecule has 1 aromatic heterocycles. The summed E-state index contributed by atoms with van der Waals surface area (Å²) in [6.07, 6.45) is 11.3. The molecule has 0 bridgehead atoms. The fourth-order valence-electron chi connectivity index (χ4n) is 3.74. The number of piperidine rings is 1. The predicted molar refractivity (Wildman–Crippen MR) is 90.0 cm³/mol. The average Bonchev–Trinajstić information content (AvgIpc) is 2.51. The molecule has 21 heavy (non-hydrogen) atoms. The number of hydrogen-bond acceptors (Lipinski definition) is 3. The summed E-state index contributed by atoms with van der Waals surface area (Å²) >= 11 is 0. The molecule has 1 atom stereocenters. The van der Waals surface area contributed by atoms with Crippen molar-refractivity contribution in [3.8, 4) is 0 Å². The highest BCUT2D eigenvalue weighted by Gasteiger charge is 2.32. The fourth-order valence-corrected chi connectivity index (χ4v) is 3.74. The van der Waals surface area contributed by atoms with Gasteiger partial charge in [-0.1, -0.05) is 26.7 Å². The topological polar surface area (TPSA) is 28.2 Å². The van der Waals surface area contributed by atoms with Gasteiger partial charge < -0.3 is 10.2 Å². The second-order valence-corrected chi connectivity index (χ2v) is 7.38. The Morgan fingerprint density at radius 1 is 1.10 bits per heavy atom. The van der Waals surface area contributed by atoms with Crippen molar-refractivity contribution in [1.82, 2.24) is 4.98 Å². The van der Waals surface area contributed by atoms with Gasteiger partial charge in [-0.25, -0.2) is 4.98 Å². The van der Waals surface area contributed by atoms with Gasteiger partial charge in [0.25, 0.3) is 0 Å². The Hall–Kier alpha value is -1.25. The lowest BCUT2D eigenvalue weighted by Crippen LogP contribution is -2.39. The number of aromatic nitrogens is 1. The number of hydrogen-bond donors (Lipinski definition) is 1. The van der Waals surface area contributed by atoms with Crippen LogP contribution in [0.25, 0.3) is 0 Å². The van der Waals surface area contributed by atoms with E-state index in [-0.39, 0.29) is 0 Å². The zero-order valence-electron chi connectivity index (χ0n) is 13.6. The van der Waals surface area contributed by atoms with E-state index >= 15 is 0 Å². The Labute approximate surface area is 129 Å². The van der Waals surface area contributed by atoms with Crippen LogP contribution in [0.4, 0.5) is 11.5 Å². The second-order valence-electron chi connectivity index (χ2n) is 7.38. The molecule has 0 spiro atoms. The third-order valence-corrected chi connectivity index (χ3v) is 5.28. The van der Waals surface area contributed by atoms with Crippen LogP contribution in [0, 0.1) is 5.41 Å². The van der Waals surface area contributed by atoms with E-state index in [4.69, 9.17) is 0 Å². The third kappa shape index (κ3) is 3.50. The minimum Gasteiger partial charge on any atom is -0.381 e. The number of nitrogens with zero attached hydrogens (tertiary/aromatic N) is 2. The SMILES string of the molecule is CC1(C)CCCCC1Nc1ccc(N2CCCCC2)nc1. The van der Waals surface area contributed by atoms with E-state index in [1.54, 1.807) is 0 Å². The summed E-state index contributed by atoms with van der Waals surface area (Å²) in [7, 11) is 0. The Kier molecular flexibility index (Phi) is 4.37. The van der Waals surface area contributed by atoms with Gasteiger partial charge in [-0.3, -0.25) is 0 Å². The maximum absolute atomic E-state index is 4.68. The van der Waals surface area contributed by atoms with E-state index in [2.05, 4.69) is 41.2 Å². The summed E-state index contributed by atoms with van der Waals surface area (Å²) in [5, 5.41) is 3.72. The first-order chi connectivity index (χ1) is 10.1. The van der Waals surface area contributed by atoms with Gasteiger partial charge in [0.1, 0.15) is 5.82 Å². The molecule has 1 aliphatic heterocycles. The number of anilines is 2. The first kappa shape index (κ1) is 14.7. The van der Waals surface area contributed by atoms with Crippen LogP contribution in [0.3, 0.4) is 0 Å². The molecule has 1 unspecified atom stereocenters. The predicted octanol–water partition coefficient (Wildman–Crippen LogP) is 4.45. The Morgan fingerprint density at radius 3 is 2.57 bits per heavy atom. The lowest BCUT2D eigenvalue weighted by molar-refractivity contribution is 0.217. The lowest BCUT2D eigenvalue weighted by Gasteiger charge is -2.39. The minimum atomic E-state index is 0.393. The van der Waals surface area contributed by atoms with Crippen molar-refractivity contribution in [1.29, 1.82) is 0 Å². The third-order valence-electron chi connectivity index (χ3n) is 5.28. The maximum Gasteiger partial charge on any atom is 0.128 e. The zero-order chi connectivity index (χ0) is 14.7. The molecule has 3 heteroatoms. The van der Waals surface area contributed by atoms with Gasteiger partial charge in [-0.2, -0.15) is 0 Å². The van der Waals surface area contributed by atoms with E-state index in [9.17, 15) is 0 Å². The molecule has 1 saturated heterocycles. The first-order valence-electron chi connectivity index (χ1n) is 8.63. The minimum absolute atomic E-state index is 0.393. The number of rotatable bonds is 3. The van der Waals surface area contributed by atoms with Gasteiger partial charge in [0.2, 0.25) is 0 Å². The average molecular weight is 287 g/mol. The fraction of sp³-hybridized carbons (Fsp3) is 0.722. The van der Waals surface area contributed by atoms with Crippen LogP contribution >= 0.6 is 0 Å². The first-order valence-corrected chi connectivity index (χ1v) is 8.63. The van der Waals surface area contributed by atoms with Gasteiger partial charge in [0.05, 0.1) is 11.9 Å². The molecule has 0 aromatic carbocycles. The van der Waals surface area contributed by atoms with E-state index in [0.717, 1.165) is 18.9 Å². The highest BCUT2D eigenvalue weighted by molar-refractivity contribution is 5.49. The molecule has 1 aliphatic carbocycles. The molecule has 2 fully saturated rings. The monoisotopic (exact) mass is 287 g/mol. The van der Waals surface area contributed by atoms with E-state index < -0.39 is 0 Å². The summed E-state index contributed by atoms with van der Waals surface area (Å²) in [6, 6.07) is 4.97. The highest BCUT2D eigenvalue weighted by Crippen LogP contribution is 2.37. The van der Waals surface area contributed by atoms with Gasteiger partial charge in [-0.15, -0.1) is 0 Å². The van der Waals surface area contributed by atoms with Crippen LogP contribution in [0.2, 0.25) is 0 Å². The van der Waals surface area contributed by atoms with Gasteiger partial charge in [0.15, 0.2) is 0 Å². The van der Waals surface area contributed by atoms with E-state index in [1.165, 1.54) is 50.6 Å². The second kappa shape index (κ2) is 6.25. The number of pyridine rings is 1. The summed E-state index contributed by atoms with van der Waals surface area (Å²) in [6.45, 7) is 7.10. The summed E-state index contributed by atoms with van der Waals surface area (Å²) in [5.74, 6) is 1.14. The van der Waals surface area contributed by atoms with Crippen molar-refractivity contribution in [2.24, 2.45) is 5.41 Å². The van der Waals surface area contributed by atoms with Crippen molar-refractivity contribution in [3.63, 3.8) is 0 Å². The smallest absolute Gasteiger partial charge is 0.128 e. The van der Waals surface area contributed by atoms with Crippen LogP contribution in [0.5, 0.6) is 0 Å². The van der Waals surface area contributed by atoms with Crippen molar-refractivity contribution < 1.29 is 0 Å². The standard InChI is InChI=1S/C18H29N3/c1-18(2)11-5-4-8-16(18)20-15-9-10-17(19-14-15)21-12-6-3-7-13-21/h9-10,14,16,20H,3-8,11-13H2,1-2H3. The van der Waals surface area contributed by atoms with Crippen molar-refractivity contribution in [3.05, 3.63) is 18.3 Å². The molecular weight excluding hydrogens is 258 g/mol. The maximum atomic E-state index is 4.68. The van der Waals surface area contributed by atoms with Crippen LogP contribution in [-0.2, 0) is 0 Å². The molecule has 116 valence electrons. The lowest BCUT2D eigenvalue weighted by atomic mass is 9.73. The highest BCUT2D eigenvalue weighted by atomic mass is 15.2. The quantitative estimate of drug-likeness (QED) is 0.890. The molecule has 1 saturated carbocycles. The van der Waals surface area contributed by atoms with Crippen LogP contribution < -0.4 is 10.2 Å². The molecule has 0 amide bonds. The Balaban J connectivity index is 1.63. The van der Waals surface area contributed by atoms with E-state index in [1.807, 2.05) is 6.20 Å². The zero-order valence-corrected chi connectivity index (χ0v) is 13.6. The summed E-state index contributed by atoms with van der Waals surface area (Å²) in [5.41, 5.74) is 1.57. The van der Waals surface area contributed by atoms with Crippen molar-refractivity contribution in [2.45, 2.75) is 64.8 Å². The molecule has 2 heterocycles. The normalized spacial score (nSPS) is 25.6. The largest absolute Gasteiger partial charge is 0.381 e. The van der Waals surface area contributed by atoms with Crippen molar-refractivity contribution >= 4 is 11.5 Å². The van der Waals surface area contributed by atoms with Crippen molar-refractivity contribution in [2.75, 3.05) is 23.3 Å². The van der Waals surface area contributed by atoms with Gasteiger partial charge in [0, 0.05) is 19.1 Å². The molecule has 3 nitrogen and oxygen atoms in total. The van der Waals surface area contributed by atoms with E-state index in [0.29, 0.717) is 11.5 Å². The summed E-state index contributed by atoms with van der Waals surface area (Å²) < 4.78 is 0. The van der Waals surface area contributed by atoms with Crippen LogP contribution in [0.1, 0.15) is 58.8 Å². The van der Waals surface area contributed by atoms with Crippen LogP contribution in [0.15, 0.2) is 18.3 Å². The molecule has 2 aliphatic rings. The Bertz CT molecular complexity index is 446. The molecule has 1 N–H and O–H groups in total. The molecule has 1 aromatic rings. The van der Waals surface area contributed by atoms with Crippen LogP contribution in [-0.4, -0.2) is 24.1 Å². The molecular formula is C18H29N3.